The monoisotopic (exact) mass is 210 g/mol. The van der Waals surface area contributed by atoms with E-state index in [1.165, 1.54) is 32.1 Å². The van der Waals surface area contributed by atoms with Crippen LogP contribution in [0.3, 0.4) is 0 Å². The van der Waals surface area contributed by atoms with Gasteiger partial charge in [0, 0.05) is 6.04 Å². The third-order valence-electron chi connectivity index (χ3n) is 3.81. The van der Waals surface area contributed by atoms with Crippen LogP contribution in [0.25, 0.3) is 0 Å². The van der Waals surface area contributed by atoms with Gasteiger partial charge in [-0.2, -0.15) is 0 Å². The molecule has 1 saturated carbocycles. The lowest BCUT2D eigenvalue weighted by molar-refractivity contribution is -0.127. The number of amides is 1. The SMILES string of the molecule is C[C@]1(C(=O)NC2CCCCC2)CCCN1. The van der Waals surface area contributed by atoms with Gasteiger partial charge in [-0.15, -0.1) is 0 Å². The fraction of sp³-hybridized carbons (Fsp3) is 0.917. The fourth-order valence-corrected chi connectivity index (χ4v) is 2.68. The van der Waals surface area contributed by atoms with Gasteiger partial charge in [0.1, 0.15) is 0 Å². The van der Waals surface area contributed by atoms with Crippen LogP contribution in [0.1, 0.15) is 51.9 Å². The summed E-state index contributed by atoms with van der Waals surface area (Å²) in [6.45, 7) is 3.01. The topological polar surface area (TPSA) is 41.1 Å². The molecule has 1 heterocycles. The zero-order chi connectivity index (χ0) is 10.7. The highest BCUT2D eigenvalue weighted by molar-refractivity contribution is 5.86. The molecule has 3 nitrogen and oxygen atoms in total. The molecule has 0 radical (unpaired) electrons. The van der Waals surface area contributed by atoms with Gasteiger partial charge < -0.3 is 10.6 Å². The van der Waals surface area contributed by atoms with Crippen molar-refractivity contribution < 1.29 is 4.79 Å². The highest BCUT2D eigenvalue weighted by Gasteiger charge is 2.36. The molecule has 3 heteroatoms. The minimum Gasteiger partial charge on any atom is -0.352 e. The molecule has 1 saturated heterocycles. The number of hydrogen-bond acceptors (Lipinski definition) is 2. The second-order valence-electron chi connectivity index (χ2n) is 5.17. The van der Waals surface area contributed by atoms with Crippen molar-refractivity contribution in [2.24, 2.45) is 0 Å². The van der Waals surface area contributed by atoms with Crippen molar-refractivity contribution in [1.82, 2.24) is 10.6 Å². The maximum atomic E-state index is 12.1. The molecular formula is C12H22N2O. The van der Waals surface area contributed by atoms with E-state index in [0.29, 0.717) is 6.04 Å². The molecule has 2 aliphatic rings. The van der Waals surface area contributed by atoms with Crippen LogP contribution in [0.4, 0.5) is 0 Å². The molecule has 86 valence electrons. The number of hydrogen-bond donors (Lipinski definition) is 2. The average Bonchev–Trinajstić information content (AvgIpc) is 2.68. The van der Waals surface area contributed by atoms with Crippen molar-refractivity contribution in [3.05, 3.63) is 0 Å². The highest BCUT2D eigenvalue weighted by atomic mass is 16.2. The predicted octanol–water partition coefficient (Wildman–Crippen LogP) is 1.58. The fourth-order valence-electron chi connectivity index (χ4n) is 2.68. The van der Waals surface area contributed by atoms with Crippen LogP contribution in [0.5, 0.6) is 0 Å². The quantitative estimate of drug-likeness (QED) is 0.726. The molecule has 2 rings (SSSR count). The van der Waals surface area contributed by atoms with E-state index in [1.54, 1.807) is 0 Å². The van der Waals surface area contributed by atoms with E-state index in [0.717, 1.165) is 19.4 Å². The maximum Gasteiger partial charge on any atom is 0.240 e. The molecule has 2 N–H and O–H groups in total. The second kappa shape index (κ2) is 4.52. The van der Waals surface area contributed by atoms with Crippen molar-refractivity contribution in [2.45, 2.75) is 63.5 Å². The van der Waals surface area contributed by atoms with Gasteiger partial charge in [0.25, 0.3) is 0 Å². The number of carbonyl (C=O) groups excluding carboxylic acids is 1. The van der Waals surface area contributed by atoms with Crippen molar-refractivity contribution in [2.75, 3.05) is 6.54 Å². The lowest BCUT2D eigenvalue weighted by Gasteiger charge is -2.29. The lowest BCUT2D eigenvalue weighted by atomic mass is 9.93. The first-order valence-corrected chi connectivity index (χ1v) is 6.27. The molecule has 1 atom stereocenters. The van der Waals surface area contributed by atoms with Gasteiger partial charge in [-0.05, 0) is 39.2 Å². The summed E-state index contributed by atoms with van der Waals surface area (Å²) in [6.07, 6.45) is 8.32. The van der Waals surface area contributed by atoms with E-state index >= 15 is 0 Å². The van der Waals surface area contributed by atoms with Crippen LogP contribution in [-0.2, 0) is 4.79 Å². The lowest BCUT2D eigenvalue weighted by Crippen LogP contribution is -2.54. The molecule has 1 aliphatic heterocycles. The third kappa shape index (κ3) is 2.51. The summed E-state index contributed by atoms with van der Waals surface area (Å²) in [5, 5.41) is 6.51. The molecule has 0 aromatic rings. The van der Waals surface area contributed by atoms with Crippen LogP contribution in [0.2, 0.25) is 0 Å². The molecule has 0 bridgehead atoms. The van der Waals surface area contributed by atoms with E-state index in [9.17, 15) is 4.79 Å². The van der Waals surface area contributed by atoms with Gasteiger partial charge in [0.05, 0.1) is 5.54 Å². The summed E-state index contributed by atoms with van der Waals surface area (Å²) in [5.41, 5.74) is -0.294. The first kappa shape index (κ1) is 10.9. The molecule has 0 unspecified atom stereocenters. The Morgan fingerprint density at radius 3 is 2.60 bits per heavy atom. The molecular weight excluding hydrogens is 188 g/mol. The zero-order valence-corrected chi connectivity index (χ0v) is 9.64. The first-order chi connectivity index (χ1) is 7.21. The molecule has 0 aromatic carbocycles. The number of nitrogens with one attached hydrogen (secondary N) is 2. The van der Waals surface area contributed by atoms with Gasteiger partial charge in [-0.1, -0.05) is 19.3 Å². The van der Waals surface area contributed by atoms with E-state index in [-0.39, 0.29) is 11.4 Å². The minimum atomic E-state index is -0.294. The van der Waals surface area contributed by atoms with Crippen molar-refractivity contribution in [3.63, 3.8) is 0 Å². The van der Waals surface area contributed by atoms with Gasteiger partial charge in [-0.25, -0.2) is 0 Å². The summed E-state index contributed by atoms with van der Waals surface area (Å²) in [6, 6.07) is 0.436. The van der Waals surface area contributed by atoms with Gasteiger partial charge in [0.15, 0.2) is 0 Å². The van der Waals surface area contributed by atoms with Gasteiger partial charge in [-0.3, -0.25) is 4.79 Å². The predicted molar refractivity (Wildman–Crippen MR) is 60.7 cm³/mol. The summed E-state index contributed by atoms with van der Waals surface area (Å²) >= 11 is 0. The van der Waals surface area contributed by atoms with E-state index in [1.807, 2.05) is 6.92 Å². The Kier molecular flexibility index (Phi) is 3.29. The first-order valence-electron chi connectivity index (χ1n) is 6.27. The molecule has 15 heavy (non-hydrogen) atoms. The van der Waals surface area contributed by atoms with E-state index in [2.05, 4.69) is 10.6 Å². The summed E-state index contributed by atoms with van der Waals surface area (Å²) in [4.78, 5) is 12.1. The van der Waals surface area contributed by atoms with Crippen LogP contribution in [0.15, 0.2) is 0 Å². The molecule has 0 aromatic heterocycles. The second-order valence-corrected chi connectivity index (χ2v) is 5.17. The number of carbonyl (C=O) groups is 1. The highest BCUT2D eigenvalue weighted by Crippen LogP contribution is 2.21. The Labute approximate surface area is 92.0 Å². The van der Waals surface area contributed by atoms with Crippen LogP contribution >= 0.6 is 0 Å². The minimum absolute atomic E-state index is 0.215. The summed E-state index contributed by atoms with van der Waals surface area (Å²) < 4.78 is 0. The number of rotatable bonds is 2. The standard InChI is InChI=1S/C12H22N2O/c1-12(8-5-9-13-12)11(15)14-10-6-3-2-4-7-10/h10,13H,2-9H2,1H3,(H,14,15)/t12-/m1/s1. The van der Waals surface area contributed by atoms with Crippen LogP contribution in [0, 0.1) is 0 Å². The molecule has 0 spiro atoms. The Balaban J connectivity index is 1.85. The van der Waals surface area contributed by atoms with Gasteiger partial charge in [0.2, 0.25) is 5.91 Å². The van der Waals surface area contributed by atoms with Crippen molar-refractivity contribution in [3.8, 4) is 0 Å². The third-order valence-corrected chi connectivity index (χ3v) is 3.81. The molecule has 1 aliphatic carbocycles. The van der Waals surface area contributed by atoms with Crippen LogP contribution < -0.4 is 10.6 Å². The van der Waals surface area contributed by atoms with Crippen molar-refractivity contribution >= 4 is 5.91 Å². The average molecular weight is 210 g/mol. The Morgan fingerprint density at radius 2 is 2.00 bits per heavy atom. The summed E-state index contributed by atoms with van der Waals surface area (Å²) in [5.74, 6) is 0.215. The smallest absolute Gasteiger partial charge is 0.240 e. The molecule has 1 amide bonds. The Hall–Kier alpha value is -0.570. The van der Waals surface area contributed by atoms with E-state index < -0.39 is 0 Å². The Bertz CT molecular complexity index is 228. The maximum absolute atomic E-state index is 12.1. The van der Waals surface area contributed by atoms with E-state index in [4.69, 9.17) is 0 Å². The Morgan fingerprint density at radius 1 is 1.27 bits per heavy atom. The zero-order valence-electron chi connectivity index (χ0n) is 9.64. The van der Waals surface area contributed by atoms with Gasteiger partial charge >= 0.3 is 0 Å². The largest absolute Gasteiger partial charge is 0.352 e. The summed E-state index contributed by atoms with van der Waals surface area (Å²) in [7, 11) is 0. The normalized spacial score (nSPS) is 32.9. The molecule has 2 fully saturated rings. The van der Waals surface area contributed by atoms with Crippen molar-refractivity contribution in [1.29, 1.82) is 0 Å². The van der Waals surface area contributed by atoms with Crippen LogP contribution in [-0.4, -0.2) is 24.0 Å².